The first-order valence-corrected chi connectivity index (χ1v) is 18.2. The van der Waals surface area contributed by atoms with Crippen molar-refractivity contribution >= 4 is 35.1 Å². The number of rotatable bonds is 11. The molecule has 5 unspecified atom stereocenters. The van der Waals surface area contributed by atoms with E-state index in [1.807, 2.05) is 33.9 Å². The molecule has 1 saturated carbocycles. The van der Waals surface area contributed by atoms with Gasteiger partial charge in [-0.15, -0.1) is 0 Å². The Bertz CT molecular complexity index is 1490. The number of ketones is 1. The third-order valence-corrected chi connectivity index (χ3v) is 10.5. The summed E-state index contributed by atoms with van der Waals surface area (Å²) in [4.78, 5) is 41.6. The van der Waals surface area contributed by atoms with Crippen molar-refractivity contribution in [1.82, 2.24) is 4.90 Å². The smallest absolute Gasteiger partial charge is 0.410 e. The largest absolute Gasteiger partial charge is 0.491 e. The number of fused-ring (bicyclic) bond motifs is 1. The van der Waals surface area contributed by atoms with E-state index < -0.39 is 17.4 Å². The number of ether oxygens (including phenoxy) is 4. The lowest BCUT2D eigenvalue weighted by Gasteiger charge is -2.46. The zero-order valence-corrected chi connectivity index (χ0v) is 30.7. The second-order valence-electron chi connectivity index (χ2n) is 15.0. The van der Waals surface area contributed by atoms with E-state index in [1.54, 1.807) is 23.1 Å². The molecule has 0 bridgehead atoms. The number of amides is 1. The summed E-state index contributed by atoms with van der Waals surface area (Å²) in [5.74, 6) is 0.536. The van der Waals surface area contributed by atoms with Gasteiger partial charge in [0, 0.05) is 49.8 Å². The minimum absolute atomic E-state index is 0.0850. The number of benzene rings is 2. The second-order valence-corrected chi connectivity index (χ2v) is 15.4. The van der Waals surface area contributed by atoms with Gasteiger partial charge in [0.1, 0.15) is 11.4 Å². The van der Waals surface area contributed by atoms with E-state index >= 15 is 0 Å². The van der Waals surface area contributed by atoms with Crippen molar-refractivity contribution in [3.63, 3.8) is 0 Å². The topological polar surface area (TPSA) is 94.6 Å². The van der Waals surface area contributed by atoms with E-state index in [1.165, 1.54) is 18.2 Å². The molecule has 1 saturated heterocycles. The van der Waals surface area contributed by atoms with E-state index in [0.717, 1.165) is 68.8 Å². The van der Waals surface area contributed by atoms with Crippen molar-refractivity contribution in [1.29, 1.82) is 0 Å². The molecule has 0 spiro atoms. The highest BCUT2D eigenvalue weighted by Gasteiger charge is 2.42. The van der Waals surface area contributed by atoms with Crippen molar-refractivity contribution in [3.05, 3.63) is 58.1 Å². The van der Waals surface area contributed by atoms with E-state index in [2.05, 4.69) is 24.0 Å². The first-order chi connectivity index (χ1) is 23.4. The quantitative estimate of drug-likeness (QED) is 0.134. The number of anilines is 1. The van der Waals surface area contributed by atoms with Gasteiger partial charge in [0.25, 0.3) is 5.78 Å². The highest BCUT2D eigenvalue weighted by molar-refractivity contribution is 6.40. The first kappa shape index (κ1) is 37.0. The van der Waals surface area contributed by atoms with Crippen molar-refractivity contribution in [2.45, 2.75) is 90.3 Å². The SMILES string of the molecule is CCCc1cc(Cl)ccc1C1COc2ccc(C(=O)C(=O)OC)cc2N(CC2CCC2C2CC(CCN(C)C(=O)OC(C)(C)C)CCO2)C1. The van der Waals surface area contributed by atoms with E-state index in [-0.39, 0.29) is 23.7 Å². The van der Waals surface area contributed by atoms with Gasteiger partial charge in [-0.2, -0.15) is 0 Å². The zero-order valence-electron chi connectivity index (χ0n) is 30.0. The van der Waals surface area contributed by atoms with Crippen LogP contribution in [0.1, 0.15) is 93.6 Å². The van der Waals surface area contributed by atoms with Crippen molar-refractivity contribution < 1.29 is 33.3 Å². The molecule has 2 aromatic carbocycles. The Labute approximate surface area is 296 Å². The highest BCUT2D eigenvalue weighted by atomic mass is 35.5. The van der Waals surface area contributed by atoms with Crippen molar-refractivity contribution in [3.8, 4) is 5.75 Å². The molecule has 0 N–H and O–H groups in total. The molecule has 2 fully saturated rings. The van der Waals surface area contributed by atoms with Crippen LogP contribution in [0, 0.1) is 17.8 Å². The van der Waals surface area contributed by atoms with Crippen LogP contribution < -0.4 is 9.64 Å². The normalized spacial score (nSPS) is 23.7. The average Bonchev–Trinajstić information content (AvgIpc) is 3.23. The summed E-state index contributed by atoms with van der Waals surface area (Å²) in [6.07, 6.45) is 6.92. The number of hydrogen-bond donors (Lipinski definition) is 0. The number of hydrogen-bond acceptors (Lipinski definition) is 8. The number of esters is 1. The summed E-state index contributed by atoms with van der Waals surface area (Å²) in [6, 6.07) is 11.4. The van der Waals surface area contributed by atoms with Crippen LogP contribution in [0.15, 0.2) is 36.4 Å². The van der Waals surface area contributed by atoms with Crippen LogP contribution in [0.5, 0.6) is 5.75 Å². The van der Waals surface area contributed by atoms with E-state index in [0.29, 0.717) is 43.2 Å². The number of methoxy groups -OCH3 is 1. The Morgan fingerprint density at radius 2 is 1.88 bits per heavy atom. The lowest BCUT2D eigenvalue weighted by Crippen LogP contribution is -2.47. The number of carbonyl (C=O) groups excluding carboxylic acids is 3. The maximum absolute atomic E-state index is 12.9. The van der Waals surface area contributed by atoms with Gasteiger partial charge in [-0.3, -0.25) is 4.79 Å². The maximum atomic E-state index is 12.9. The molecule has 3 aliphatic rings. The molecule has 268 valence electrons. The fraction of sp³-hybridized carbons (Fsp3) is 0.615. The fourth-order valence-corrected chi connectivity index (χ4v) is 7.72. The third-order valence-electron chi connectivity index (χ3n) is 10.3. The van der Waals surface area contributed by atoms with Gasteiger partial charge in [0.2, 0.25) is 0 Å². The second kappa shape index (κ2) is 16.2. The molecule has 5 atom stereocenters. The van der Waals surface area contributed by atoms with Crippen LogP contribution in [0.4, 0.5) is 10.5 Å². The van der Waals surface area contributed by atoms with Crippen LogP contribution in [-0.4, -0.2) is 81.5 Å². The minimum Gasteiger partial charge on any atom is -0.491 e. The Morgan fingerprint density at radius 3 is 2.57 bits per heavy atom. The van der Waals surface area contributed by atoms with Gasteiger partial charge in [0.05, 0.1) is 25.5 Å². The molecular formula is C39H53ClN2O7. The number of Topliss-reactive ketones (excluding diaryl/α,β-unsaturated/α-hetero) is 1. The number of carbonyl (C=O) groups is 3. The fourth-order valence-electron chi connectivity index (χ4n) is 7.53. The summed E-state index contributed by atoms with van der Waals surface area (Å²) in [7, 11) is 3.03. The van der Waals surface area contributed by atoms with Crippen LogP contribution in [-0.2, 0) is 25.4 Å². The van der Waals surface area contributed by atoms with Gasteiger partial charge < -0.3 is 28.7 Å². The maximum Gasteiger partial charge on any atom is 0.410 e. The standard InChI is InChI=1S/C39H53ClN2O7/c1-7-8-26-20-30(40)11-13-31(26)29-23-42(33-21-27(36(43)37(44)46-6)10-14-34(33)48-24-29)22-28-9-12-32(28)35-19-25(16-18-47-35)15-17-41(5)38(45)49-39(2,3)4/h10-11,13-14,20-21,25,28-29,32,35H,7-9,12,15-19,22-24H2,1-6H3. The van der Waals surface area contributed by atoms with E-state index in [9.17, 15) is 14.4 Å². The molecule has 1 amide bonds. The number of halogens is 1. The Kier molecular flexibility index (Phi) is 12.2. The summed E-state index contributed by atoms with van der Waals surface area (Å²) in [6.45, 7) is 11.2. The van der Waals surface area contributed by atoms with Crippen LogP contribution >= 0.6 is 11.6 Å². The minimum atomic E-state index is -0.885. The summed E-state index contributed by atoms with van der Waals surface area (Å²) in [5.41, 5.74) is 3.06. The average molecular weight is 697 g/mol. The van der Waals surface area contributed by atoms with Crippen molar-refractivity contribution in [2.24, 2.45) is 17.8 Å². The van der Waals surface area contributed by atoms with E-state index in [4.69, 9.17) is 30.5 Å². The Morgan fingerprint density at radius 1 is 1.08 bits per heavy atom. The van der Waals surface area contributed by atoms with Crippen LogP contribution in [0.25, 0.3) is 0 Å². The van der Waals surface area contributed by atoms with Crippen LogP contribution in [0.2, 0.25) is 5.02 Å². The molecule has 49 heavy (non-hydrogen) atoms. The van der Waals surface area contributed by atoms with Gasteiger partial charge in [0.15, 0.2) is 0 Å². The van der Waals surface area contributed by atoms with Gasteiger partial charge in [-0.05, 0) is 119 Å². The van der Waals surface area contributed by atoms with Crippen molar-refractivity contribution in [2.75, 3.05) is 51.9 Å². The highest BCUT2D eigenvalue weighted by Crippen LogP contribution is 2.45. The molecule has 0 radical (unpaired) electrons. The Hall–Kier alpha value is -3.30. The molecule has 5 rings (SSSR count). The summed E-state index contributed by atoms with van der Waals surface area (Å²) < 4.78 is 23.2. The molecule has 2 heterocycles. The number of aryl methyl sites for hydroxylation is 1. The Balaban J connectivity index is 1.33. The molecule has 1 aliphatic carbocycles. The zero-order chi connectivity index (χ0) is 35.3. The lowest BCUT2D eigenvalue weighted by molar-refractivity contribution is -0.135. The lowest BCUT2D eigenvalue weighted by atomic mass is 9.67. The molecular weight excluding hydrogens is 644 g/mol. The predicted molar refractivity (Wildman–Crippen MR) is 191 cm³/mol. The monoisotopic (exact) mass is 696 g/mol. The summed E-state index contributed by atoms with van der Waals surface area (Å²) in [5, 5.41) is 0.729. The molecule has 9 nitrogen and oxygen atoms in total. The molecule has 0 aromatic heterocycles. The van der Waals surface area contributed by atoms with Gasteiger partial charge >= 0.3 is 12.1 Å². The summed E-state index contributed by atoms with van der Waals surface area (Å²) >= 11 is 6.43. The molecule has 10 heteroatoms. The third kappa shape index (κ3) is 9.28. The predicted octanol–water partition coefficient (Wildman–Crippen LogP) is 7.71. The van der Waals surface area contributed by atoms with Gasteiger partial charge in [-0.25, -0.2) is 9.59 Å². The first-order valence-electron chi connectivity index (χ1n) is 17.8. The van der Waals surface area contributed by atoms with Crippen LogP contribution in [0.3, 0.4) is 0 Å². The number of nitrogens with zero attached hydrogens (tertiary/aromatic N) is 2. The molecule has 2 aromatic rings. The van der Waals surface area contributed by atoms with Gasteiger partial charge in [-0.1, -0.05) is 31.0 Å². The molecule has 2 aliphatic heterocycles.